The Bertz CT molecular complexity index is 3780. The van der Waals surface area contributed by atoms with Gasteiger partial charge in [-0.3, -0.25) is 9.59 Å². The Hall–Kier alpha value is -8.32. The van der Waals surface area contributed by atoms with Crippen LogP contribution in [0.15, 0.2) is 160 Å². The second kappa shape index (κ2) is 30.2. The largest absolute Gasteiger partial charge is 0.457 e. The van der Waals surface area contributed by atoms with Crippen LogP contribution in [-0.2, 0) is 25.4 Å². The molecule has 0 fully saturated rings. The molecule has 0 bridgehead atoms. The van der Waals surface area contributed by atoms with E-state index in [1.54, 1.807) is 97.4 Å². The zero-order valence-corrected chi connectivity index (χ0v) is 46.7. The van der Waals surface area contributed by atoms with E-state index in [0.717, 1.165) is 50.0 Å². The van der Waals surface area contributed by atoms with Crippen molar-refractivity contribution in [2.75, 3.05) is 12.5 Å². The average molecular weight is 1190 g/mol. The first-order valence-electron chi connectivity index (χ1n) is 24.3. The Kier molecular flexibility index (Phi) is 23.6. The summed E-state index contributed by atoms with van der Waals surface area (Å²) in [6, 6.07) is 39.8. The summed E-state index contributed by atoms with van der Waals surface area (Å²) in [6.07, 6.45) is 1.51. The van der Waals surface area contributed by atoms with Gasteiger partial charge in [0.1, 0.15) is 25.7 Å². The summed E-state index contributed by atoms with van der Waals surface area (Å²) in [4.78, 5) is 32.3. The topological polar surface area (TPSA) is 71.2 Å². The zero-order chi connectivity index (χ0) is 60.2. The monoisotopic (exact) mass is 1190 g/mol. The van der Waals surface area contributed by atoms with Crippen molar-refractivity contribution in [3.05, 3.63) is 244 Å². The molecule has 0 aliphatic heterocycles. The third-order valence-electron chi connectivity index (χ3n) is 11.6. The SMILES string of the molecule is C.CS.CS.[3H]C#C.[3H]C#Cc1ccc(Oc2ccc(-c3cc(C(F)(F)F)c([N+]#[C-])c(=O)n3Cc3ccc(C)cc3C)cc2)cc1.[C-]#[N+]c1c(C(F)(F)F)cc(-c2ccc(Oc3ccc(Br)cc3)cc2)n(Cc2ccc(C)cc2C)c1=O. The minimum atomic E-state index is -4.87. The summed E-state index contributed by atoms with van der Waals surface area (Å²) >= 11 is 10.4. The molecule has 80 heavy (non-hydrogen) atoms. The summed E-state index contributed by atoms with van der Waals surface area (Å²) < 4.78 is 111. The number of rotatable bonds is 10. The number of terminal acetylenes is 2. The first kappa shape index (κ1) is 62.5. The van der Waals surface area contributed by atoms with Crippen molar-refractivity contribution in [2.24, 2.45) is 0 Å². The fourth-order valence-electron chi connectivity index (χ4n) is 7.87. The van der Waals surface area contributed by atoms with Crippen LogP contribution in [-0.4, -0.2) is 21.6 Å². The van der Waals surface area contributed by atoms with Gasteiger partial charge >= 0.3 is 12.4 Å². The van der Waals surface area contributed by atoms with Gasteiger partial charge in [0.25, 0.3) is 22.5 Å². The number of nitrogens with zero attached hydrogens (tertiary/aromatic N) is 4. The van der Waals surface area contributed by atoms with E-state index in [0.29, 0.717) is 39.7 Å². The number of hydrogen-bond donors (Lipinski definition) is 2. The molecule has 0 saturated carbocycles. The lowest BCUT2D eigenvalue weighted by Crippen LogP contribution is -2.25. The molecule has 8 aromatic rings. The summed E-state index contributed by atoms with van der Waals surface area (Å²) in [5.41, 5.74) is 0.495. The van der Waals surface area contributed by atoms with Gasteiger partial charge in [0, 0.05) is 21.4 Å². The van der Waals surface area contributed by atoms with Crippen molar-refractivity contribution in [1.29, 1.82) is 0 Å². The maximum absolute atomic E-state index is 13.8. The lowest BCUT2D eigenvalue weighted by molar-refractivity contribution is -0.137. The number of pyridine rings is 2. The summed E-state index contributed by atoms with van der Waals surface area (Å²) in [5.74, 6) is 4.65. The third-order valence-corrected chi connectivity index (χ3v) is 12.1. The van der Waals surface area contributed by atoms with Gasteiger partial charge in [-0.1, -0.05) is 76.8 Å². The molecule has 0 aliphatic rings. The van der Waals surface area contributed by atoms with Gasteiger partial charge in [0.15, 0.2) is 0 Å². The van der Waals surface area contributed by atoms with E-state index in [4.69, 9.17) is 25.4 Å². The fourth-order valence-corrected chi connectivity index (χ4v) is 8.13. The second-order valence-electron chi connectivity index (χ2n) is 16.8. The molecule has 0 amide bonds. The standard InChI is InChI=1S/C30H21F3N2O2.C28H20BrF3N2O2.C2H2.2CH4S.CH4/c1-5-21-7-12-24(13-8-21)37-25-14-10-22(11-15-25)27-17-26(30(31,32)33)28(34-4)29(36)35(27)18-23-9-6-19(2)16-20(23)3;1-17-4-5-20(18(2)14-17)16-34-25(15-24(28(30,31)32)26(33-3)27(34)35)19-6-10-22(11-7-19)36-23-12-8-21(29)9-13-23;3*1-2;/h1,6-17H,18H2,2-3H3;4-15H,16H2,1-2H3;1-2H;2*2H,1H3;1H4/i1T;;1T;;;. The molecule has 2 heterocycles. The van der Waals surface area contributed by atoms with Crippen LogP contribution in [0.3, 0.4) is 0 Å². The number of halogens is 7. The number of aryl methyl sites for hydroxylation is 4. The molecule has 0 atom stereocenters. The Morgan fingerprint density at radius 2 is 0.900 bits per heavy atom. The maximum atomic E-state index is 13.8. The van der Waals surface area contributed by atoms with Crippen molar-refractivity contribution in [3.63, 3.8) is 0 Å². The quantitative estimate of drug-likeness (QED) is 0.0620. The van der Waals surface area contributed by atoms with Crippen LogP contribution < -0.4 is 20.6 Å². The molecular weight excluding hydrogens is 1130 g/mol. The first-order valence-corrected chi connectivity index (χ1v) is 25.9. The highest BCUT2D eigenvalue weighted by molar-refractivity contribution is 9.10. The highest BCUT2D eigenvalue weighted by Crippen LogP contribution is 2.40. The number of aromatic nitrogens is 2. The molecule has 0 saturated heterocycles. The van der Waals surface area contributed by atoms with Gasteiger partial charge in [-0.25, -0.2) is 9.69 Å². The van der Waals surface area contributed by atoms with Gasteiger partial charge in [0.05, 0.1) is 37.4 Å². The molecular formula is C63H55BrF6N4O4S2. The van der Waals surface area contributed by atoms with E-state index in [1.165, 1.54) is 15.5 Å². The van der Waals surface area contributed by atoms with E-state index in [-0.39, 0.29) is 31.9 Å². The molecule has 0 N–H and O–H groups in total. The van der Waals surface area contributed by atoms with Crippen LogP contribution in [0.4, 0.5) is 37.7 Å². The van der Waals surface area contributed by atoms with Crippen molar-refractivity contribution in [2.45, 2.75) is 60.6 Å². The number of ether oxygens (including phenoxy) is 2. The summed E-state index contributed by atoms with van der Waals surface area (Å²) in [6.45, 7) is 22.2. The van der Waals surface area contributed by atoms with E-state index in [1.807, 2.05) is 76.2 Å². The molecule has 8 rings (SSSR count). The third kappa shape index (κ3) is 16.8. The van der Waals surface area contributed by atoms with E-state index in [2.05, 4.69) is 69.6 Å². The van der Waals surface area contributed by atoms with Crippen molar-refractivity contribution in [1.82, 2.24) is 9.13 Å². The van der Waals surface area contributed by atoms with Crippen LogP contribution >= 0.6 is 41.2 Å². The predicted octanol–water partition coefficient (Wildman–Crippen LogP) is 17.8. The Labute approximate surface area is 485 Å². The second-order valence-corrected chi connectivity index (χ2v) is 17.7. The molecule has 2 aromatic heterocycles. The summed E-state index contributed by atoms with van der Waals surface area (Å²) in [5, 5.41) is 0. The highest BCUT2D eigenvalue weighted by Gasteiger charge is 2.38. The fraction of sp³-hybridized carbons (Fsp3) is 0.175. The lowest BCUT2D eigenvalue weighted by Gasteiger charge is -2.19. The Balaban J connectivity index is 0.000000384. The van der Waals surface area contributed by atoms with Crippen LogP contribution in [0.5, 0.6) is 23.0 Å². The van der Waals surface area contributed by atoms with Crippen molar-refractivity contribution in [3.8, 4) is 70.7 Å². The zero-order valence-electron chi connectivity index (χ0n) is 45.3. The number of alkyl halides is 6. The molecule has 0 aliphatic carbocycles. The molecule has 0 radical (unpaired) electrons. The first-order chi connectivity index (χ1) is 38.6. The molecule has 0 unspecified atom stereocenters. The normalized spacial score (nSPS) is 10.5. The molecule has 412 valence electrons. The van der Waals surface area contributed by atoms with Crippen LogP contribution in [0.25, 0.3) is 32.2 Å². The van der Waals surface area contributed by atoms with Gasteiger partial charge in [-0.05, 0) is 183 Å². The number of benzene rings is 6. The molecule has 8 nitrogen and oxygen atoms in total. The average Bonchev–Trinajstić information content (AvgIpc) is 3.51. The van der Waals surface area contributed by atoms with E-state index < -0.39 is 46.0 Å². The van der Waals surface area contributed by atoms with Gasteiger partial charge in [-0.15, -0.1) is 19.2 Å². The predicted molar refractivity (Wildman–Crippen MR) is 320 cm³/mol. The van der Waals surface area contributed by atoms with Crippen molar-refractivity contribution < 1.29 is 38.6 Å². The maximum Gasteiger partial charge on any atom is 0.407 e. The van der Waals surface area contributed by atoms with Crippen molar-refractivity contribution >= 4 is 52.6 Å². The van der Waals surface area contributed by atoms with E-state index in [9.17, 15) is 35.9 Å². The minimum absolute atomic E-state index is 0. The minimum Gasteiger partial charge on any atom is -0.457 e. The lowest BCUT2D eigenvalue weighted by atomic mass is 10.0. The molecule has 0 spiro atoms. The van der Waals surface area contributed by atoms with Crippen LogP contribution in [0.2, 0.25) is 0 Å². The molecule has 17 heteroatoms. The van der Waals surface area contributed by atoms with E-state index >= 15 is 0 Å². The van der Waals surface area contributed by atoms with Crippen LogP contribution in [0.1, 0.15) is 60.2 Å². The number of hydrogen-bond acceptors (Lipinski definition) is 6. The van der Waals surface area contributed by atoms with Gasteiger partial charge in [-0.2, -0.15) is 51.6 Å². The summed E-state index contributed by atoms with van der Waals surface area (Å²) in [7, 11) is 0. The Morgan fingerprint density at radius 3 is 1.20 bits per heavy atom. The van der Waals surface area contributed by atoms with Gasteiger partial charge < -0.3 is 18.6 Å². The molecule has 6 aromatic carbocycles. The Morgan fingerprint density at radius 1 is 0.575 bits per heavy atom. The smallest absolute Gasteiger partial charge is 0.407 e. The van der Waals surface area contributed by atoms with Crippen LogP contribution in [0, 0.1) is 66.0 Å². The highest BCUT2D eigenvalue weighted by atomic mass is 79.9. The van der Waals surface area contributed by atoms with Gasteiger partial charge in [0.2, 0.25) is 0 Å². The number of thiol groups is 2.